The van der Waals surface area contributed by atoms with Gasteiger partial charge in [0.1, 0.15) is 5.82 Å². The molecule has 0 spiro atoms. The van der Waals surface area contributed by atoms with Gasteiger partial charge < -0.3 is 20.0 Å². The van der Waals surface area contributed by atoms with Gasteiger partial charge >= 0.3 is 11.8 Å². The van der Waals surface area contributed by atoms with Crippen molar-refractivity contribution in [3.05, 3.63) is 53.5 Å². The molecule has 0 bridgehead atoms. The summed E-state index contributed by atoms with van der Waals surface area (Å²) in [4.78, 5) is 35.4. The van der Waals surface area contributed by atoms with Crippen LogP contribution in [0.15, 0.2) is 48.0 Å². The van der Waals surface area contributed by atoms with Crippen LogP contribution < -0.4 is 10.2 Å². The van der Waals surface area contributed by atoms with E-state index in [0.29, 0.717) is 31.9 Å². The molecule has 0 atom stereocenters. The summed E-state index contributed by atoms with van der Waals surface area (Å²) >= 11 is 1.65. The lowest BCUT2D eigenvalue weighted by atomic mass is 10.2. The number of fused-ring (bicyclic) bond motifs is 1. The van der Waals surface area contributed by atoms with Gasteiger partial charge in [0.15, 0.2) is 0 Å². The van der Waals surface area contributed by atoms with E-state index in [2.05, 4.69) is 26.2 Å². The summed E-state index contributed by atoms with van der Waals surface area (Å²) < 4.78 is 1.15. The number of hydrogen-bond donors (Lipinski definition) is 1. The summed E-state index contributed by atoms with van der Waals surface area (Å²) in [6, 6.07) is 11.8. The molecule has 2 amide bonds. The summed E-state index contributed by atoms with van der Waals surface area (Å²) in [5.74, 6) is -0.184. The van der Waals surface area contributed by atoms with Crippen LogP contribution in [0.5, 0.6) is 0 Å². The Labute approximate surface area is 179 Å². The van der Waals surface area contributed by atoms with Crippen LogP contribution in [0.3, 0.4) is 0 Å². The fourth-order valence-corrected chi connectivity index (χ4v) is 4.34. The zero-order chi connectivity index (χ0) is 21.1. The minimum absolute atomic E-state index is 0.491. The number of amides is 2. The molecule has 1 fully saturated rings. The molecule has 0 unspecified atom stereocenters. The molecule has 1 N–H and O–H groups in total. The number of aromatic nitrogens is 1. The quantitative estimate of drug-likeness (QED) is 0.654. The van der Waals surface area contributed by atoms with Crippen LogP contribution in [0.1, 0.15) is 5.56 Å². The first kappa shape index (κ1) is 20.3. The number of thiophene rings is 1. The van der Waals surface area contributed by atoms with Crippen LogP contribution in [0.25, 0.3) is 10.1 Å². The predicted octanol–water partition coefficient (Wildman–Crippen LogP) is 2.65. The minimum Gasteiger partial charge on any atom is -0.353 e. The van der Waals surface area contributed by atoms with Crippen molar-refractivity contribution in [1.82, 2.24) is 14.8 Å². The highest BCUT2D eigenvalue weighted by Crippen LogP contribution is 2.24. The number of carbonyl (C=O) groups is 2. The summed E-state index contributed by atoms with van der Waals surface area (Å²) in [5, 5.41) is 5.79. The monoisotopic (exact) mass is 423 g/mol. The predicted molar refractivity (Wildman–Crippen MR) is 121 cm³/mol. The highest BCUT2D eigenvalue weighted by atomic mass is 32.1. The van der Waals surface area contributed by atoms with Crippen molar-refractivity contribution in [1.29, 1.82) is 0 Å². The van der Waals surface area contributed by atoms with Crippen molar-refractivity contribution in [3.63, 3.8) is 0 Å². The minimum atomic E-state index is -0.593. The summed E-state index contributed by atoms with van der Waals surface area (Å²) in [5.41, 5.74) is 1.80. The molecule has 1 saturated heterocycles. The molecule has 1 aliphatic rings. The van der Waals surface area contributed by atoms with Gasteiger partial charge in [0.2, 0.25) is 0 Å². The van der Waals surface area contributed by atoms with Crippen LogP contribution in [-0.2, 0) is 16.1 Å². The number of hydrogen-bond acceptors (Lipinski definition) is 6. The van der Waals surface area contributed by atoms with Crippen molar-refractivity contribution >= 4 is 44.7 Å². The summed E-state index contributed by atoms with van der Waals surface area (Å²) in [7, 11) is 4.06. The van der Waals surface area contributed by atoms with Gasteiger partial charge in [-0.2, -0.15) is 0 Å². The van der Waals surface area contributed by atoms with Crippen molar-refractivity contribution < 1.29 is 9.59 Å². The van der Waals surface area contributed by atoms with E-state index in [9.17, 15) is 9.59 Å². The van der Waals surface area contributed by atoms with Crippen LogP contribution in [0.4, 0.5) is 11.5 Å². The Morgan fingerprint density at radius 2 is 1.90 bits per heavy atom. The van der Waals surface area contributed by atoms with E-state index in [-0.39, 0.29) is 0 Å². The van der Waals surface area contributed by atoms with Crippen LogP contribution in [0.2, 0.25) is 0 Å². The second-order valence-electron chi connectivity index (χ2n) is 7.67. The lowest BCUT2D eigenvalue weighted by Crippen LogP contribution is -2.51. The highest BCUT2D eigenvalue weighted by molar-refractivity contribution is 7.17. The molecule has 0 radical (unpaired) electrons. The lowest BCUT2D eigenvalue weighted by Gasteiger charge is -2.35. The largest absolute Gasteiger partial charge is 0.353 e. The summed E-state index contributed by atoms with van der Waals surface area (Å²) in [6.45, 7) is 3.15. The van der Waals surface area contributed by atoms with E-state index in [0.717, 1.165) is 28.0 Å². The third-order valence-electron chi connectivity index (χ3n) is 5.10. The van der Waals surface area contributed by atoms with Crippen molar-refractivity contribution in [3.8, 4) is 0 Å². The van der Waals surface area contributed by atoms with Crippen molar-refractivity contribution in [2.24, 2.45) is 0 Å². The van der Waals surface area contributed by atoms with Crippen molar-refractivity contribution in [2.75, 3.05) is 50.5 Å². The first-order valence-electron chi connectivity index (χ1n) is 9.92. The Kier molecular flexibility index (Phi) is 5.96. The third kappa shape index (κ3) is 4.60. The Morgan fingerprint density at radius 1 is 1.10 bits per heavy atom. The molecule has 3 aromatic rings. The summed E-state index contributed by atoms with van der Waals surface area (Å²) in [6.07, 6.45) is 1.89. The average molecular weight is 424 g/mol. The maximum atomic E-state index is 12.6. The normalized spacial score (nSPS) is 14.4. The van der Waals surface area contributed by atoms with Crippen molar-refractivity contribution in [2.45, 2.75) is 6.54 Å². The lowest BCUT2D eigenvalue weighted by molar-refractivity contribution is -0.143. The van der Waals surface area contributed by atoms with Gasteiger partial charge in [0.25, 0.3) is 0 Å². The molecule has 2 aromatic heterocycles. The molecule has 1 aromatic carbocycles. The molecule has 8 heteroatoms. The van der Waals surface area contributed by atoms with E-state index in [4.69, 9.17) is 0 Å². The molecule has 7 nitrogen and oxygen atoms in total. The fourth-order valence-electron chi connectivity index (χ4n) is 3.57. The van der Waals surface area contributed by atoms with Gasteiger partial charge in [0, 0.05) is 49.3 Å². The highest BCUT2D eigenvalue weighted by Gasteiger charge is 2.26. The van der Waals surface area contributed by atoms with Gasteiger partial charge in [0.05, 0.1) is 0 Å². The van der Waals surface area contributed by atoms with E-state index in [1.807, 2.05) is 56.0 Å². The number of piperazine rings is 1. The number of pyridine rings is 1. The van der Waals surface area contributed by atoms with E-state index >= 15 is 0 Å². The third-order valence-corrected chi connectivity index (χ3v) is 6.00. The smallest absolute Gasteiger partial charge is 0.313 e. The van der Waals surface area contributed by atoms with Gasteiger partial charge in [-0.3, -0.25) is 9.59 Å². The number of nitrogens with one attached hydrogen (secondary N) is 1. The Morgan fingerprint density at radius 3 is 2.60 bits per heavy atom. The molecule has 4 rings (SSSR count). The molecular formula is C22H25N5O2S. The molecule has 0 saturated carbocycles. The fraction of sp³-hybridized carbons (Fsp3) is 0.318. The molecule has 30 heavy (non-hydrogen) atoms. The first-order chi connectivity index (χ1) is 14.5. The number of benzene rings is 1. The molecular weight excluding hydrogens is 398 g/mol. The Hall–Kier alpha value is -2.97. The average Bonchev–Trinajstić information content (AvgIpc) is 3.21. The second-order valence-corrected chi connectivity index (χ2v) is 8.62. The zero-order valence-electron chi connectivity index (χ0n) is 17.2. The maximum absolute atomic E-state index is 12.6. The zero-order valence-corrected chi connectivity index (χ0v) is 18.0. The molecule has 156 valence electrons. The second kappa shape index (κ2) is 8.81. The van der Waals surface area contributed by atoms with Crippen LogP contribution in [-0.4, -0.2) is 66.9 Å². The van der Waals surface area contributed by atoms with Crippen LogP contribution >= 0.6 is 11.3 Å². The topological polar surface area (TPSA) is 68.8 Å². The first-order valence-corrected chi connectivity index (χ1v) is 10.8. The van der Waals surface area contributed by atoms with Gasteiger partial charge in [-0.15, -0.1) is 11.3 Å². The molecule has 3 heterocycles. The number of nitrogens with zero attached hydrogens (tertiary/aromatic N) is 4. The van der Waals surface area contributed by atoms with Gasteiger partial charge in [-0.1, -0.05) is 6.07 Å². The Balaban J connectivity index is 1.31. The van der Waals surface area contributed by atoms with E-state index in [1.54, 1.807) is 16.2 Å². The maximum Gasteiger partial charge on any atom is 0.313 e. The number of anilines is 2. The van der Waals surface area contributed by atoms with E-state index in [1.165, 1.54) is 0 Å². The molecule has 1 aliphatic heterocycles. The number of rotatable bonds is 4. The number of carbonyl (C=O) groups excluding carboxylic acids is 2. The van der Waals surface area contributed by atoms with Crippen LogP contribution in [0, 0.1) is 0 Å². The Bertz CT molecular complexity index is 1040. The standard InChI is InChI=1S/C22H25N5O2S/c1-25(2)15-16-3-6-20(23-14-16)26-8-10-27(11-9-26)22(29)21(28)24-18-4-5-19-17(13-18)7-12-30-19/h3-7,12-14H,8-11,15H2,1-2H3,(H,24,28). The van der Waals surface area contributed by atoms with Gasteiger partial charge in [-0.05, 0) is 60.8 Å². The van der Waals surface area contributed by atoms with Gasteiger partial charge in [-0.25, -0.2) is 4.98 Å². The molecule has 0 aliphatic carbocycles. The van der Waals surface area contributed by atoms with E-state index < -0.39 is 11.8 Å². The SMILES string of the molecule is CN(C)Cc1ccc(N2CCN(C(=O)C(=O)Nc3ccc4sccc4c3)CC2)nc1.